The van der Waals surface area contributed by atoms with Crippen molar-refractivity contribution in [2.45, 2.75) is 61.2 Å². The van der Waals surface area contributed by atoms with Gasteiger partial charge in [0.15, 0.2) is 0 Å². The summed E-state index contributed by atoms with van der Waals surface area (Å²) in [5, 5.41) is 26.9. The van der Waals surface area contributed by atoms with Crippen molar-refractivity contribution in [3.05, 3.63) is 58.7 Å². The maximum atomic E-state index is 13.4. The lowest BCUT2D eigenvalue weighted by molar-refractivity contribution is 0.318. The first-order valence-corrected chi connectivity index (χ1v) is 15.9. The van der Waals surface area contributed by atoms with Crippen molar-refractivity contribution >= 4 is 31.5 Å². The Balaban J connectivity index is 1.57. The molecule has 2 N–H and O–H groups in total. The maximum Gasteiger partial charge on any atom is 0.243 e. The van der Waals surface area contributed by atoms with Gasteiger partial charge in [0.2, 0.25) is 20.0 Å². The first-order valence-electron chi connectivity index (χ1n) is 13.0. The molecule has 3 aliphatic rings. The number of rotatable bonds is 4. The van der Waals surface area contributed by atoms with Crippen molar-refractivity contribution in [1.82, 2.24) is 8.61 Å². The second-order valence-corrected chi connectivity index (χ2v) is 13.8. The lowest BCUT2D eigenvalue weighted by Gasteiger charge is -2.25. The largest absolute Gasteiger partial charge is 0.410 e. The lowest BCUT2D eigenvalue weighted by atomic mass is 9.83. The maximum absolute atomic E-state index is 13.4. The van der Waals surface area contributed by atoms with E-state index in [1.54, 1.807) is 0 Å². The molecule has 2 saturated heterocycles. The average molecular weight is 561 g/mol. The summed E-state index contributed by atoms with van der Waals surface area (Å²) in [6, 6.07) is 8.78. The van der Waals surface area contributed by atoms with E-state index in [2.05, 4.69) is 10.3 Å². The molecule has 2 heterocycles. The van der Waals surface area contributed by atoms with Crippen molar-refractivity contribution in [3.8, 4) is 0 Å². The molecule has 38 heavy (non-hydrogen) atoms. The smallest absolute Gasteiger partial charge is 0.243 e. The topological polar surface area (TPSA) is 140 Å². The highest BCUT2D eigenvalue weighted by Gasteiger charge is 2.34. The van der Waals surface area contributed by atoms with Gasteiger partial charge < -0.3 is 10.4 Å². The van der Waals surface area contributed by atoms with Crippen molar-refractivity contribution in [2.75, 3.05) is 26.2 Å². The molecular weight excluding hydrogens is 528 g/mol. The van der Waals surface area contributed by atoms with Crippen molar-refractivity contribution in [3.63, 3.8) is 0 Å². The van der Waals surface area contributed by atoms with Crippen LogP contribution in [0.2, 0.25) is 0 Å². The fraction of sp³-hybridized carbons (Fsp3) is 0.462. The van der Waals surface area contributed by atoms with Crippen LogP contribution in [0.4, 0.5) is 0 Å². The van der Waals surface area contributed by atoms with Crippen LogP contribution in [0.15, 0.2) is 56.5 Å². The molecule has 1 aliphatic carbocycles. The first-order chi connectivity index (χ1) is 18.3. The van der Waals surface area contributed by atoms with Gasteiger partial charge in [-0.2, -0.15) is 8.61 Å². The van der Waals surface area contributed by atoms with Gasteiger partial charge in [0.05, 0.1) is 9.79 Å². The van der Waals surface area contributed by atoms with Crippen LogP contribution < -0.4 is 0 Å². The van der Waals surface area contributed by atoms with Crippen LogP contribution in [0.1, 0.15) is 73.6 Å². The zero-order valence-electron chi connectivity index (χ0n) is 21.1. The van der Waals surface area contributed by atoms with E-state index in [4.69, 9.17) is 0 Å². The van der Waals surface area contributed by atoms with E-state index in [1.807, 2.05) is 0 Å². The highest BCUT2D eigenvalue weighted by molar-refractivity contribution is 7.89. The Hall–Kier alpha value is -2.80. The fourth-order valence-electron chi connectivity index (χ4n) is 5.54. The SMILES string of the molecule is O=S(=O)(c1ccc2c(c1)/C(=N\O)c1ccc(S(=O)(=O)N3CCCCCC3)cc1/C2=N\O)N1CCCCCC1. The van der Waals surface area contributed by atoms with Gasteiger partial charge in [-0.25, -0.2) is 16.8 Å². The molecule has 2 aliphatic heterocycles. The average Bonchev–Trinajstić information content (AvgIpc) is 3.38. The van der Waals surface area contributed by atoms with Gasteiger partial charge in [0, 0.05) is 48.4 Å². The van der Waals surface area contributed by atoms with Crippen LogP contribution in [0, 0.1) is 0 Å². The highest BCUT2D eigenvalue weighted by Crippen LogP contribution is 2.33. The summed E-state index contributed by atoms with van der Waals surface area (Å²) in [5.41, 5.74) is 1.40. The Morgan fingerprint density at radius 3 is 1.18 bits per heavy atom. The third-order valence-electron chi connectivity index (χ3n) is 7.61. The highest BCUT2D eigenvalue weighted by atomic mass is 32.2. The molecular formula is C26H32N4O6S2. The van der Waals surface area contributed by atoms with Gasteiger partial charge in [0.25, 0.3) is 0 Å². The standard InChI is InChI=1S/C26H32N4O6S2/c31-27-25-22-12-10-20(38(35,36)30-15-7-3-4-8-16-30)18-24(22)26(28-32)21-11-9-19(17-23(21)25)37(33,34)29-13-5-1-2-6-14-29/h9-12,17-18,31-32H,1-8,13-16H2/b27-25-,28-26-. The molecule has 0 unspecified atom stereocenters. The molecule has 0 spiro atoms. The zero-order chi connectivity index (χ0) is 26.9. The Morgan fingerprint density at radius 2 is 0.868 bits per heavy atom. The second kappa shape index (κ2) is 10.8. The second-order valence-electron chi connectivity index (χ2n) is 9.95. The van der Waals surface area contributed by atoms with Crippen molar-refractivity contribution in [1.29, 1.82) is 0 Å². The molecule has 204 valence electrons. The van der Waals surface area contributed by atoms with Crippen LogP contribution in [-0.2, 0) is 20.0 Å². The Bertz CT molecular complexity index is 1370. The molecule has 0 aromatic heterocycles. The number of hydrogen-bond acceptors (Lipinski definition) is 8. The Kier molecular flexibility index (Phi) is 7.58. The van der Waals surface area contributed by atoms with E-state index < -0.39 is 20.0 Å². The summed E-state index contributed by atoms with van der Waals surface area (Å²) in [6.45, 7) is 1.78. The van der Waals surface area contributed by atoms with Crippen LogP contribution in [0.25, 0.3) is 0 Å². The monoisotopic (exact) mass is 560 g/mol. The quantitative estimate of drug-likeness (QED) is 0.369. The summed E-state index contributed by atoms with van der Waals surface area (Å²) in [7, 11) is -7.57. The Labute approximate surface area is 223 Å². The number of benzene rings is 2. The van der Waals surface area contributed by atoms with Crippen LogP contribution >= 0.6 is 0 Å². The minimum atomic E-state index is -3.78. The minimum absolute atomic E-state index is 0.0559. The minimum Gasteiger partial charge on any atom is -0.410 e. The molecule has 10 nitrogen and oxygen atoms in total. The normalized spacial score (nSPS) is 22.0. The Morgan fingerprint density at radius 1 is 0.526 bits per heavy atom. The van der Waals surface area contributed by atoms with Gasteiger partial charge in [-0.05, 0) is 49.9 Å². The number of hydrogen-bond donors (Lipinski definition) is 2. The molecule has 0 saturated carbocycles. The number of fused-ring (bicyclic) bond motifs is 2. The van der Waals surface area contributed by atoms with E-state index in [1.165, 1.54) is 45.0 Å². The van der Waals surface area contributed by atoms with Gasteiger partial charge in [0.1, 0.15) is 11.4 Å². The van der Waals surface area contributed by atoms with Gasteiger partial charge in [-0.3, -0.25) is 0 Å². The summed E-state index contributed by atoms with van der Waals surface area (Å²) < 4.78 is 56.6. The molecule has 2 aromatic rings. The van der Waals surface area contributed by atoms with E-state index in [0.29, 0.717) is 37.3 Å². The van der Waals surface area contributed by atoms with Crippen molar-refractivity contribution < 1.29 is 27.3 Å². The summed E-state index contributed by atoms with van der Waals surface area (Å²) in [4.78, 5) is 0.112. The predicted molar refractivity (Wildman–Crippen MR) is 142 cm³/mol. The number of sulfonamides is 2. The molecule has 0 amide bonds. The van der Waals surface area contributed by atoms with Crippen molar-refractivity contribution in [2.24, 2.45) is 10.3 Å². The molecule has 12 heteroatoms. The van der Waals surface area contributed by atoms with Gasteiger partial charge in [-0.1, -0.05) is 48.1 Å². The molecule has 2 aromatic carbocycles. The summed E-state index contributed by atoms with van der Waals surface area (Å²) in [6.07, 6.45) is 7.13. The van der Waals surface area contributed by atoms with Crippen LogP contribution in [0.5, 0.6) is 0 Å². The van der Waals surface area contributed by atoms with Gasteiger partial charge >= 0.3 is 0 Å². The molecule has 0 atom stereocenters. The van der Waals surface area contributed by atoms with Crippen LogP contribution in [-0.4, -0.2) is 73.5 Å². The number of oxime groups is 2. The fourth-order valence-corrected chi connectivity index (χ4v) is 8.63. The molecule has 5 rings (SSSR count). The molecule has 0 radical (unpaired) electrons. The van der Waals surface area contributed by atoms with E-state index in [0.717, 1.165) is 51.4 Å². The lowest BCUT2D eigenvalue weighted by Crippen LogP contribution is -2.33. The van der Waals surface area contributed by atoms with E-state index >= 15 is 0 Å². The summed E-state index contributed by atoms with van der Waals surface area (Å²) in [5.74, 6) is 0. The van der Waals surface area contributed by atoms with Gasteiger partial charge in [-0.15, -0.1) is 0 Å². The zero-order valence-corrected chi connectivity index (χ0v) is 22.7. The third kappa shape index (κ3) is 4.74. The van der Waals surface area contributed by atoms with E-state index in [9.17, 15) is 27.3 Å². The van der Waals surface area contributed by atoms with Crippen LogP contribution in [0.3, 0.4) is 0 Å². The summed E-state index contributed by atoms with van der Waals surface area (Å²) >= 11 is 0. The third-order valence-corrected chi connectivity index (χ3v) is 11.4. The molecule has 0 bridgehead atoms. The predicted octanol–water partition coefficient (Wildman–Crippen LogP) is 3.58. The first kappa shape index (κ1) is 26.8. The molecule has 2 fully saturated rings. The van der Waals surface area contributed by atoms with E-state index in [-0.39, 0.29) is 32.3 Å². The number of nitrogens with zero attached hydrogens (tertiary/aromatic N) is 4.